The van der Waals surface area contributed by atoms with Crippen LogP contribution in [0.15, 0.2) is 53.8 Å². The fourth-order valence-corrected chi connectivity index (χ4v) is 5.90. The molecule has 1 amide bonds. The molecule has 1 aromatic carbocycles. The van der Waals surface area contributed by atoms with Gasteiger partial charge >= 0.3 is 12.1 Å². The van der Waals surface area contributed by atoms with Gasteiger partial charge in [-0.25, -0.2) is 9.37 Å². The van der Waals surface area contributed by atoms with E-state index in [1.165, 1.54) is 12.1 Å². The van der Waals surface area contributed by atoms with Crippen LogP contribution in [0, 0.1) is 25.6 Å². The van der Waals surface area contributed by atoms with E-state index in [-0.39, 0.29) is 30.9 Å². The van der Waals surface area contributed by atoms with Gasteiger partial charge in [0.25, 0.3) is 5.56 Å². The maximum Gasteiger partial charge on any atom is 0.416 e. The molecule has 0 saturated carbocycles. The van der Waals surface area contributed by atoms with Crippen LogP contribution in [0.5, 0.6) is 0 Å². The molecule has 47 heavy (non-hydrogen) atoms. The molecule has 0 unspecified atom stereocenters. The third-order valence-corrected chi connectivity index (χ3v) is 8.00. The van der Waals surface area contributed by atoms with Crippen LogP contribution in [0.3, 0.4) is 0 Å². The van der Waals surface area contributed by atoms with Crippen molar-refractivity contribution in [2.45, 2.75) is 65.2 Å². The van der Waals surface area contributed by atoms with Gasteiger partial charge in [-0.1, -0.05) is 13.8 Å². The number of aryl methyl sites for hydroxylation is 2. The van der Waals surface area contributed by atoms with Crippen LogP contribution in [0.4, 0.5) is 17.6 Å². The van der Waals surface area contributed by atoms with Gasteiger partial charge in [-0.05, 0) is 92.7 Å². The maximum absolute atomic E-state index is 14.2. The Hall–Kier alpha value is -4.52. The average molecular weight is 658 g/mol. The van der Waals surface area contributed by atoms with Crippen molar-refractivity contribution in [3.63, 3.8) is 0 Å². The summed E-state index contributed by atoms with van der Waals surface area (Å²) in [6, 6.07) is 2.67. The topological polar surface area (TPSA) is 109 Å². The number of halogens is 4. The van der Waals surface area contributed by atoms with Crippen molar-refractivity contribution in [2.75, 3.05) is 20.6 Å². The van der Waals surface area contributed by atoms with Crippen molar-refractivity contribution >= 4 is 17.5 Å². The molecule has 0 fully saturated rings. The molecular weight excluding hydrogens is 618 g/mol. The number of rotatable bonds is 12. The van der Waals surface area contributed by atoms with Crippen LogP contribution in [0.1, 0.15) is 66.6 Å². The van der Waals surface area contributed by atoms with Crippen molar-refractivity contribution in [1.29, 1.82) is 0 Å². The molecule has 3 heterocycles. The molecule has 4 rings (SSSR count). The van der Waals surface area contributed by atoms with E-state index < -0.39 is 53.5 Å². The first-order chi connectivity index (χ1) is 22.0. The van der Waals surface area contributed by atoms with Crippen LogP contribution < -0.4 is 10.9 Å². The van der Waals surface area contributed by atoms with E-state index in [2.05, 4.69) is 10.3 Å². The number of likely N-dealkylation sites (N-methyl/N-ethyl adjacent to an activating group) is 1. The normalized spacial score (nSPS) is 13.4. The molecule has 3 aromatic heterocycles. The van der Waals surface area contributed by atoms with Gasteiger partial charge in [0.1, 0.15) is 17.5 Å². The summed E-state index contributed by atoms with van der Waals surface area (Å²) < 4.78 is 58.6. The number of aliphatic carboxylic acids is 1. The molecule has 0 radical (unpaired) electrons. The fourth-order valence-electron chi connectivity index (χ4n) is 5.90. The number of imidazole rings is 1. The van der Waals surface area contributed by atoms with Gasteiger partial charge in [0.2, 0.25) is 5.91 Å². The average Bonchev–Trinajstić information content (AvgIpc) is 3.42. The number of nitrogens with one attached hydrogen (secondary N) is 1. The van der Waals surface area contributed by atoms with Crippen molar-refractivity contribution < 1.29 is 32.3 Å². The van der Waals surface area contributed by atoms with Crippen LogP contribution in [-0.4, -0.2) is 56.5 Å². The van der Waals surface area contributed by atoms with Crippen molar-refractivity contribution in [3.8, 4) is 11.1 Å². The minimum Gasteiger partial charge on any atom is -0.481 e. The highest BCUT2D eigenvalue weighted by molar-refractivity contribution is 5.84. The number of hydrogen-bond donors (Lipinski definition) is 2. The summed E-state index contributed by atoms with van der Waals surface area (Å²) >= 11 is 0. The van der Waals surface area contributed by atoms with Gasteiger partial charge in [-0.2, -0.15) is 13.2 Å². The van der Waals surface area contributed by atoms with Crippen LogP contribution in [0.2, 0.25) is 0 Å². The quantitative estimate of drug-likeness (QED) is 0.182. The molecule has 13 heteroatoms. The number of hydrogen-bond acceptors (Lipinski definition) is 5. The summed E-state index contributed by atoms with van der Waals surface area (Å²) in [6.07, 6.45) is 0.738. The molecule has 0 saturated heterocycles. The van der Waals surface area contributed by atoms with E-state index in [1.54, 1.807) is 61.9 Å². The Morgan fingerprint density at radius 3 is 2.30 bits per heavy atom. The summed E-state index contributed by atoms with van der Waals surface area (Å²) in [6.45, 7) is 7.39. The Morgan fingerprint density at radius 1 is 1.06 bits per heavy atom. The summed E-state index contributed by atoms with van der Waals surface area (Å²) in [5.74, 6) is -2.49. The molecule has 9 nitrogen and oxygen atoms in total. The first-order valence-corrected chi connectivity index (χ1v) is 15.2. The molecule has 0 spiro atoms. The molecule has 0 aliphatic rings. The number of pyridine rings is 2. The smallest absolute Gasteiger partial charge is 0.416 e. The molecule has 0 aliphatic carbocycles. The summed E-state index contributed by atoms with van der Waals surface area (Å²) in [5.41, 5.74) is 1.31. The SMILES string of the molecule is Cc1cc(F)cc(C)c1-c1cc([C@H](CC(=O)O)NC(=O)[C@@H](CC(C)C)n2cc(CCN(C)C)c(C(F)(F)F)cc2=O)cn2ccnc12. The number of amides is 1. The molecule has 4 aromatic rings. The van der Waals surface area contributed by atoms with Gasteiger partial charge in [0, 0.05) is 43.0 Å². The second-order valence-corrected chi connectivity index (χ2v) is 12.6. The lowest BCUT2D eigenvalue weighted by molar-refractivity contribution is -0.139. The standard InChI is InChI=1S/C34H39F4N5O4/c1-19(2)11-28(43-18-22(7-9-41(5)6)26(15-29(43)44)34(36,37)38)33(47)40-27(16-30(45)46)23-14-25(32-39-8-10-42(32)17-23)31-20(3)12-24(35)13-21(31)4/h8,10,12-15,17-19,27-28H,7,9,11,16H2,1-6H3,(H,40,47)(H,45,46)/t27-,28+/m0/s1. The lowest BCUT2D eigenvalue weighted by Gasteiger charge is -2.26. The molecule has 0 aliphatic heterocycles. The molecular formula is C34H39F4N5O4. The maximum atomic E-state index is 14.2. The van der Waals surface area contributed by atoms with Gasteiger partial charge in [-0.15, -0.1) is 0 Å². The minimum absolute atomic E-state index is 0.0182. The number of fused-ring (bicyclic) bond motifs is 1. The van der Waals surface area contributed by atoms with Gasteiger partial charge in [0.15, 0.2) is 0 Å². The van der Waals surface area contributed by atoms with Crippen molar-refractivity contribution in [3.05, 3.63) is 93.0 Å². The third-order valence-electron chi connectivity index (χ3n) is 8.00. The van der Waals surface area contributed by atoms with Gasteiger partial charge in [0.05, 0.1) is 18.0 Å². The molecule has 2 N–H and O–H groups in total. The second kappa shape index (κ2) is 14.1. The number of carbonyl (C=O) groups is 2. The largest absolute Gasteiger partial charge is 0.481 e. The van der Waals surface area contributed by atoms with Crippen LogP contribution >= 0.6 is 0 Å². The van der Waals surface area contributed by atoms with Crippen molar-refractivity contribution in [2.24, 2.45) is 5.92 Å². The van der Waals surface area contributed by atoms with E-state index in [1.807, 2.05) is 13.8 Å². The Bertz CT molecular complexity index is 1820. The number of aromatic nitrogens is 3. The Kier molecular flexibility index (Phi) is 10.6. The summed E-state index contributed by atoms with van der Waals surface area (Å²) in [5, 5.41) is 12.6. The van der Waals surface area contributed by atoms with E-state index in [0.29, 0.717) is 39.5 Å². The van der Waals surface area contributed by atoms with E-state index >= 15 is 0 Å². The second-order valence-electron chi connectivity index (χ2n) is 12.6. The number of carboxylic acid groups (broad SMARTS) is 1. The Balaban J connectivity index is 1.82. The number of benzene rings is 1. The highest BCUT2D eigenvalue weighted by atomic mass is 19.4. The Morgan fingerprint density at radius 2 is 1.72 bits per heavy atom. The Labute approximate surface area is 269 Å². The van der Waals surface area contributed by atoms with E-state index in [4.69, 9.17) is 0 Å². The van der Waals surface area contributed by atoms with Gasteiger partial charge in [-0.3, -0.25) is 14.4 Å². The zero-order valence-corrected chi connectivity index (χ0v) is 27.2. The first-order valence-electron chi connectivity index (χ1n) is 15.2. The first kappa shape index (κ1) is 35.3. The van der Waals surface area contributed by atoms with Crippen LogP contribution in [0.25, 0.3) is 16.8 Å². The number of carbonyl (C=O) groups excluding carboxylic acids is 1. The molecule has 252 valence electrons. The predicted molar refractivity (Wildman–Crippen MR) is 170 cm³/mol. The number of alkyl halides is 3. The zero-order chi connectivity index (χ0) is 34.8. The minimum atomic E-state index is -4.77. The lowest BCUT2D eigenvalue weighted by Crippen LogP contribution is -2.40. The molecule has 0 bridgehead atoms. The number of carboxylic acids is 1. The third kappa shape index (κ3) is 8.26. The zero-order valence-electron chi connectivity index (χ0n) is 27.2. The van der Waals surface area contributed by atoms with Crippen molar-refractivity contribution in [1.82, 2.24) is 24.2 Å². The monoisotopic (exact) mass is 657 g/mol. The molecule has 2 atom stereocenters. The summed E-state index contributed by atoms with van der Waals surface area (Å²) in [7, 11) is 3.43. The highest BCUT2D eigenvalue weighted by Crippen LogP contribution is 2.35. The predicted octanol–water partition coefficient (Wildman–Crippen LogP) is 5.96. The van der Waals surface area contributed by atoms with Gasteiger partial charge < -0.3 is 24.3 Å². The highest BCUT2D eigenvalue weighted by Gasteiger charge is 2.36. The summed E-state index contributed by atoms with van der Waals surface area (Å²) in [4.78, 5) is 45.4. The fraction of sp³-hybridized carbons (Fsp3) is 0.412. The van der Waals surface area contributed by atoms with E-state index in [9.17, 15) is 37.1 Å². The van der Waals surface area contributed by atoms with Crippen LogP contribution in [-0.2, 0) is 22.2 Å². The number of nitrogens with zero attached hydrogens (tertiary/aromatic N) is 4. The van der Waals surface area contributed by atoms with E-state index in [0.717, 1.165) is 10.8 Å². The lowest BCUT2D eigenvalue weighted by atomic mass is 9.93.